The van der Waals surface area contributed by atoms with Gasteiger partial charge in [0, 0.05) is 10.6 Å². The van der Waals surface area contributed by atoms with Gasteiger partial charge in [0.25, 0.3) is 5.56 Å². The standard InChI is InChI=1S/C15H12ClFN2O2/c1-8-9(2)21-14-13(8)15(20)19(7-18-14)6-10-3-4-11(17)5-12(10)16/h3-5,7H,6H2,1-2H3. The molecule has 0 aliphatic rings. The second-order valence-corrected chi connectivity index (χ2v) is 5.28. The highest BCUT2D eigenvalue weighted by molar-refractivity contribution is 6.31. The number of fused-ring (bicyclic) bond motifs is 1. The molecule has 1 aromatic carbocycles. The number of hydrogen-bond acceptors (Lipinski definition) is 3. The van der Waals surface area contributed by atoms with Crippen LogP contribution in [0.3, 0.4) is 0 Å². The van der Waals surface area contributed by atoms with E-state index in [4.69, 9.17) is 16.0 Å². The molecule has 3 aromatic rings. The molecule has 0 bridgehead atoms. The third-order valence-corrected chi connectivity index (χ3v) is 3.86. The average Bonchev–Trinajstić information content (AvgIpc) is 2.72. The number of halogens is 2. The summed E-state index contributed by atoms with van der Waals surface area (Å²) in [6, 6.07) is 4.09. The Bertz CT molecular complexity index is 899. The van der Waals surface area contributed by atoms with Gasteiger partial charge in [0.2, 0.25) is 5.71 Å². The highest BCUT2D eigenvalue weighted by atomic mass is 35.5. The van der Waals surface area contributed by atoms with E-state index in [1.807, 2.05) is 6.92 Å². The van der Waals surface area contributed by atoms with Gasteiger partial charge < -0.3 is 4.42 Å². The molecule has 0 saturated heterocycles. The normalized spacial score (nSPS) is 11.2. The van der Waals surface area contributed by atoms with E-state index < -0.39 is 5.82 Å². The number of nitrogens with zero attached hydrogens (tertiary/aromatic N) is 2. The van der Waals surface area contributed by atoms with E-state index in [0.717, 1.165) is 5.56 Å². The summed E-state index contributed by atoms with van der Waals surface area (Å²) in [5.74, 6) is 0.262. The van der Waals surface area contributed by atoms with Crippen molar-refractivity contribution in [1.82, 2.24) is 9.55 Å². The van der Waals surface area contributed by atoms with Gasteiger partial charge in [-0.3, -0.25) is 9.36 Å². The number of benzene rings is 1. The van der Waals surface area contributed by atoms with Crippen LogP contribution in [-0.2, 0) is 6.54 Å². The molecule has 108 valence electrons. The van der Waals surface area contributed by atoms with E-state index in [-0.39, 0.29) is 17.1 Å². The van der Waals surface area contributed by atoms with Gasteiger partial charge in [-0.05, 0) is 31.5 Å². The smallest absolute Gasteiger partial charge is 0.265 e. The van der Waals surface area contributed by atoms with Crippen LogP contribution in [-0.4, -0.2) is 9.55 Å². The summed E-state index contributed by atoms with van der Waals surface area (Å²) >= 11 is 5.99. The van der Waals surface area contributed by atoms with Crippen LogP contribution in [0.4, 0.5) is 4.39 Å². The van der Waals surface area contributed by atoms with Gasteiger partial charge in [-0.1, -0.05) is 17.7 Å². The maximum atomic E-state index is 13.1. The molecule has 0 atom stereocenters. The van der Waals surface area contributed by atoms with Gasteiger partial charge in [-0.15, -0.1) is 0 Å². The molecule has 0 spiro atoms. The minimum Gasteiger partial charge on any atom is -0.443 e. The second-order valence-electron chi connectivity index (χ2n) is 4.88. The molecule has 6 heteroatoms. The predicted molar refractivity (Wildman–Crippen MR) is 78.3 cm³/mol. The van der Waals surface area contributed by atoms with Gasteiger partial charge >= 0.3 is 0 Å². The van der Waals surface area contributed by atoms with Crippen molar-refractivity contribution >= 4 is 22.7 Å². The SMILES string of the molecule is Cc1oc2ncn(Cc3ccc(F)cc3Cl)c(=O)c2c1C. The lowest BCUT2D eigenvalue weighted by Crippen LogP contribution is -2.21. The lowest BCUT2D eigenvalue weighted by molar-refractivity contribution is 0.561. The number of aromatic nitrogens is 2. The molecule has 0 radical (unpaired) electrons. The zero-order chi connectivity index (χ0) is 15.1. The van der Waals surface area contributed by atoms with Gasteiger partial charge in [0.1, 0.15) is 23.3 Å². The van der Waals surface area contributed by atoms with Gasteiger partial charge in [0.05, 0.1) is 6.54 Å². The monoisotopic (exact) mass is 306 g/mol. The summed E-state index contributed by atoms with van der Waals surface area (Å²) in [5, 5.41) is 0.746. The predicted octanol–water partition coefficient (Wildman–Crippen LogP) is 3.45. The van der Waals surface area contributed by atoms with Crippen LogP contribution >= 0.6 is 11.6 Å². The highest BCUT2D eigenvalue weighted by Crippen LogP contribution is 2.21. The fraction of sp³-hybridized carbons (Fsp3) is 0.200. The molecular weight excluding hydrogens is 295 g/mol. The van der Waals surface area contributed by atoms with Crippen LogP contribution in [0.25, 0.3) is 11.1 Å². The van der Waals surface area contributed by atoms with E-state index in [1.165, 1.54) is 23.0 Å². The zero-order valence-corrected chi connectivity index (χ0v) is 12.2. The van der Waals surface area contributed by atoms with Crippen LogP contribution in [0.15, 0.2) is 33.7 Å². The van der Waals surface area contributed by atoms with Crippen molar-refractivity contribution in [3.63, 3.8) is 0 Å². The summed E-state index contributed by atoms with van der Waals surface area (Å²) in [6.07, 6.45) is 1.41. The first-order valence-electron chi connectivity index (χ1n) is 6.36. The van der Waals surface area contributed by atoms with Crippen molar-refractivity contribution in [3.05, 3.63) is 62.6 Å². The quantitative estimate of drug-likeness (QED) is 0.728. The summed E-state index contributed by atoms with van der Waals surface area (Å²) < 4.78 is 19.9. The maximum Gasteiger partial charge on any atom is 0.265 e. The summed E-state index contributed by atoms with van der Waals surface area (Å²) in [7, 11) is 0. The second kappa shape index (κ2) is 5.00. The third kappa shape index (κ3) is 2.34. The Balaban J connectivity index is 2.11. The third-order valence-electron chi connectivity index (χ3n) is 3.51. The lowest BCUT2D eigenvalue weighted by atomic mass is 10.2. The Morgan fingerprint density at radius 3 is 2.86 bits per heavy atom. The van der Waals surface area contributed by atoms with E-state index in [1.54, 1.807) is 13.0 Å². The lowest BCUT2D eigenvalue weighted by Gasteiger charge is -2.07. The largest absolute Gasteiger partial charge is 0.443 e. The molecular formula is C15H12ClFN2O2. The van der Waals surface area contributed by atoms with Crippen LogP contribution in [0.5, 0.6) is 0 Å². The van der Waals surface area contributed by atoms with Crippen molar-refractivity contribution < 1.29 is 8.81 Å². The molecule has 0 saturated carbocycles. The Labute approximate surface area is 124 Å². The van der Waals surface area contributed by atoms with Crippen LogP contribution in [0, 0.1) is 19.7 Å². The molecule has 2 aromatic heterocycles. The number of furan rings is 1. The minimum atomic E-state index is -0.411. The van der Waals surface area contributed by atoms with Crippen LogP contribution in [0.2, 0.25) is 5.02 Å². The van der Waals surface area contributed by atoms with Crippen molar-refractivity contribution in [3.8, 4) is 0 Å². The molecule has 0 N–H and O–H groups in total. The Hall–Kier alpha value is -2.14. The van der Waals surface area contributed by atoms with E-state index in [0.29, 0.717) is 22.4 Å². The molecule has 0 unspecified atom stereocenters. The molecule has 0 aliphatic heterocycles. The Morgan fingerprint density at radius 2 is 2.14 bits per heavy atom. The molecule has 4 nitrogen and oxygen atoms in total. The highest BCUT2D eigenvalue weighted by Gasteiger charge is 2.14. The first-order valence-corrected chi connectivity index (χ1v) is 6.74. The van der Waals surface area contributed by atoms with Crippen molar-refractivity contribution in [2.24, 2.45) is 0 Å². The number of hydrogen-bond donors (Lipinski definition) is 0. The molecule has 3 rings (SSSR count). The molecule has 0 amide bonds. The van der Waals surface area contributed by atoms with Gasteiger partial charge in [-0.25, -0.2) is 9.37 Å². The molecule has 0 aliphatic carbocycles. The van der Waals surface area contributed by atoms with Gasteiger partial charge in [-0.2, -0.15) is 0 Å². The minimum absolute atomic E-state index is 0.199. The van der Waals surface area contributed by atoms with E-state index >= 15 is 0 Å². The molecule has 0 fully saturated rings. The fourth-order valence-corrected chi connectivity index (χ4v) is 2.44. The van der Waals surface area contributed by atoms with Crippen LogP contribution < -0.4 is 5.56 Å². The van der Waals surface area contributed by atoms with E-state index in [2.05, 4.69) is 4.98 Å². The average molecular weight is 307 g/mol. The summed E-state index contributed by atoms with van der Waals surface area (Å²) in [4.78, 5) is 16.6. The maximum absolute atomic E-state index is 13.1. The number of rotatable bonds is 2. The number of aryl methyl sites for hydroxylation is 2. The fourth-order valence-electron chi connectivity index (χ4n) is 2.22. The first kappa shape index (κ1) is 13.8. The molecule has 21 heavy (non-hydrogen) atoms. The van der Waals surface area contributed by atoms with E-state index in [9.17, 15) is 9.18 Å². The van der Waals surface area contributed by atoms with Gasteiger partial charge in [0.15, 0.2) is 0 Å². The summed E-state index contributed by atoms with van der Waals surface area (Å²) in [6.45, 7) is 3.83. The van der Waals surface area contributed by atoms with Crippen molar-refractivity contribution in [1.29, 1.82) is 0 Å². The van der Waals surface area contributed by atoms with Crippen molar-refractivity contribution in [2.75, 3.05) is 0 Å². The first-order chi connectivity index (χ1) is 9.97. The Kier molecular flexibility index (Phi) is 3.29. The van der Waals surface area contributed by atoms with Crippen molar-refractivity contribution in [2.45, 2.75) is 20.4 Å². The summed E-state index contributed by atoms with van der Waals surface area (Å²) in [5.41, 5.74) is 1.56. The Morgan fingerprint density at radius 1 is 1.38 bits per heavy atom. The topological polar surface area (TPSA) is 48.0 Å². The zero-order valence-electron chi connectivity index (χ0n) is 11.5. The van der Waals surface area contributed by atoms with Crippen LogP contribution in [0.1, 0.15) is 16.9 Å². The molecule has 2 heterocycles.